The summed E-state index contributed by atoms with van der Waals surface area (Å²) in [5.74, 6) is 0. The molecule has 0 bridgehead atoms. The van der Waals surface area contributed by atoms with Crippen molar-refractivity contribution in [2.24, 2.45) is 0 Å². The molecule has 84 valence electrons. The van der Waals surface area contributed by atoms with E-state index in [1.807, 2.05) is 0 Å². The summed E-state index contributed by atoms with van der Waals surface area (Å²) in [5.41, 5.74) is 3.65. The maximum absolute atomic E-state index is 9.51. The molecule has 2 rings (SSSR count). The zero-order valence-corrected chi connectivity index (χ0v) is 10.2. The van der Waals surface area contributed by atoms with Gasteiger partial charge in [0.1, 0.15) is 0 Å². The number of nitriles is 1. The van der Waals surface area contributed by atoms with E-state index in [1.54, 1.807) is 0 Å². The number of nitrogens with zero attached hydrogens (tertiary/aromatic N) is 1. The second-order valence-corrected chi connectivity index (χ2v) is 5.05. The van der Waals surface area contributed by atoms with Crippen LogP contribution in [0, 0.1) is 25.2 Å². The number of hydrogen-bond acceptors (Lipinski definition) is 1. The maximum atomic E-state index is 9.51. The molecule has 0 unspecified atom stereocenters. The van der Waals surface area contributed by atoms with E-state index in [4.69, 9.17) is 0 Å². The highest BCUT2D eigenvalue weighted by molar-refractivity contribution is 5.38. The first-order chi connectivity index (χ1) is 7.68. The van der Waals surface area contributed by atoms with Crippen LogP contribution in [-0.2, 0) is 5.41 Å². The van der Waals surface area contributed by atoms with Crippen molar-refractivity contribution in [3.63, 3.8) is 0 Å². The van der Waals surface area contributed by atoms with Crippen molar-refractivity contribution in [1.29, 1.82) is 5.26 Å². The highest BCUT2D eigenvalue weighted by Gasteiger charge is 2.33. The number of rotatable bonds is 1. The Labute approximate surface area is 98.1 Å². The SMILES string of the molecule is Cc1ccc(C2(C#N)CCCCC2)cc1C. The van der Waals surface area contributed by atoms with Gasteiger partial charge in [-0.3, -0.25) is 0 Å². The van der Waals surface area contributed by atoms with E-state index in [0.717, 1.165) is 12.8 Å². The minimum atomic E-state index is -0.198. The van der Waals surface area contributed by atoms with Gasteiger partial charge < -0.3 is 0 Å². The third-order valence-corrected chi connectivity index (χ3v) is 3.98. The zero-order chi connectivity index (χ0) is 11.6. The first-order valence-corrected chi connectivity index (χ1v) is 6.17. The highest BCUT2D eigenvalue weighted by atomic mass is 14.4. The van der Waals surface area contributed by atoms with Crippen LogP contribution in [-0.4, -0.2) is 0 Å². The predicted molar refractivity (Wildman–Crippen MR) is 66.3 cm³/mol. The molecule has 1 aromatic rings. The molecule has 0 heterocycles. The fourth-order valence-corrected chi connectivity index (χ4v) is 2.66. The molecule has 0 atom stereocenters. The van der Waals surface area contributed by atoms with Gasteiger partial charge in [0.05, 0.1) is 11.5 Å². The number of benzene rings is 1. The summed E-state index contributed by atoms with van der Waals surface area (Å²) in [6, 6.07) is 9.09. The van der Waals surface area contributed by atoms with Crippen molar-refractivity contribution in [3.8, 4) is 6.07 Å². The summed E-state index contributed by atoms with van der Waals surface area (Å²) >= 11 is 0. The van der Waals surface area contributed by atoms with Gasteiger partial charge in [0, 0.05) is 0 Å². The largest absolute Gasteiger partial charge is 0.197 e. The van der Waals surface area contributed by atoms with Gasteiger partial charge >= 0.3 is 0 Å². The molecule has 1 nitrogen and oxygen atoms in total. The molecular formula is C15H19N. The summed E-state index contributed by atoms with van der Waals surface area (Å²) in [7, 11) is 0. The van der Waals surface area contributed by atoms with E-state index < -0.39 is 0 Å². The summed E-state index contributed by atoms with van der Waals surface area (Å²) in [6.45, 7) is 4.26. The van der Waals surface area contributed by atoms with Crippen LogP contribution < -0.4 is 0 Å². The van der Waals surface area contributed by atoms with Crippen LogP contribution in [0.25, 0.3) is 0 Å². The zero-order valence-electron chi connectivity index (χ0n) is 10.2. The monoisotopic (exact) mass is 213 g/mol. The Bertz CT molecular complexity index is 420. The molecule has 1 aromatic carbocycles. The van der Waals surface area contributed by atoms with Crippen LogP contribution in [0.1, 0.15) is 48.8 Å². The Balaban J connectivity index is 2.40. The molecule has 0 saturated heterocycles. The predicted octanol–water partition coefficient (Wildman–Crippen LogP) is 4.03. The number of aryl methyl sites for hydroxylation is 2. The molecule has 0 spiro atoms. The van der Waals surface area contributed by atoms with Gasteiger partial charge in [0.15, 0.2) is 0 Å². The van der Waals surface area contributed by atoms with Gasteiger partial charge in [0.25, 0.3) is 0 Å². The van der Waals surface area contributed by atoms with Crippen LogP contribution in [0.15, 0.2) is 18.2 Å². The quantitative estimate of drug-likeness (QED) is 0.691. The molecule has 1 fully saturated rings. The van der Waals surface area contributed by atoms with Crippen molar-refractivity contribution in [3.05, 3.63) is 34.9 Å². The molecule has 0 aromatic heterocycles. The Morgan fingerprint density at radius 2 is 1.75 bits per heavy atom. The first-order valence-electron chi connectivity index (χ1n) is 6.17. The van der Waals surface area contributed by atoms with Crippen molar-refractivity contribution in [2.45, 2.75) is 51.4 Å². The van der Waals surface area contributed by atoms with Crippen molar-refractivity contribution < 1.29 is 0 Å². The Morgan fingerprint density at radius 1 is 1.06 bits per heavy atom. The van der Waals surface area contributed by atoms with E-state index in [1.165, 1.54) is 36.0 Å². The van der Waals surface area contributed by atoms with Gasteiger partial charge in [-0.05, 0) is 43.4 Å². The van der Waals surface area contributed by atoms with E-state index in [0.29, 0.717) is 0 Å². The molecule has 1 saturated carbocycles. The van der Waals surface area contributed by atoms with Gasteiger partial charge in [-0.25, -0.2) is 0 Å². The van der Waals surface area contributed by atoms with Crippen LogP contribution in [0.4, 0.5) is 0 Å². The fourth-order valence-electron chi connectivity index (χ4n) is 2.66. The lowest BCUT2D eigenvalue weighted by Gasteiger charge is -2.31. The molecule has 0 amide bonds. The molecule has 0 radical (unpaired) electrons. The fraction of sp³-hybridized carbons (Fsp3) is 0.533. The average molecular weight is 213 g/mol. The summed E-state index contributed by atoms with van der Waals surface area (Å²) < 4.78 is 0. The van der Waals surface area contributed by atoms with Crippen molar-refractivity contribution in [2.75, 3.05) is 0 Å². The number of hydrogen-bond donors (Lipinski definition) is 0. The maximum Gasteiger partial charge on any atom is 0.0822 e. The van der Waals surface area contributed by atoms with E-state index >= 15 is 0 Å². The lowest BCUT2D eigenvalue weighted by Crippen LogP contribution is -2.27. The lowest BCUT2D eigenvalue weighted by atomic mass is 9.70. The van der Waals surface area contributed by atoms with Gasteiger partial charge in [-0.15, -0.1) is 0 Å². The summed E-state index contributed by atoms with van der Waals surface area (Å²) in [4.78, 5) is 0. The van der Waals surface area contributed by atoms with E-state index in [2.05, 4.69) is 38.1 Å². The summed E-state index contributed by atoms with van der Waals surface area (Å²) in [5, 5.41) is 9.51. The van der Waals surface area contributed by atoms with E-state index in [9.17, 15) is 5.26 Å². The Hall–Kier alpha value is -1.29. The molecule has 1 aliphatic carbocycles. The topological polar surface area (TPSA) is 23.8 Å². The molecule has 0 N–H and O–H groups in total. The van der Waals surface area contributed by atoms with Gasteiger partial charge in [-0.2, -0.15) is 5.26 Å². The molecule has 1 aliphatic rings. The third kappa shape index (κ3) is 1.85. The third-order valence-electron chi connectivity index (χ3n) is 3.98. The van der Waals surface area contributed by atoms with Crippen LogP contribution >= 0.6 is 0 Å². The standard InChI is InChI=1S/C15H19N/c1-12-6-7-14(10-13(12)2)15(11-16)8-4-3-5-9-15/h6-7,10H,3-5,8-9H2,1-2H3. The molecular weight excluding hydrogens is 194 g/mol. The average Bonchev–Trinajstić information content (AvgIpc) is 2.33. The second-order valence-electron chi connectivity index (χ2n) is 5.05. The Kier molecular flexibility index (Phi) is 3.01. The normalized spacial score (nSPS) is 19.1. The molecule has 1 heteroatoms. The van der Waals surface area contributed by atoms with E-state index in [-0.39, 0.29) is 5.41 Å². The van der Waals surface area contributed by atoms with Crippen LogP contribution in [0.5, 0.6) is 0 Å². The molecule has 0 aliphatic heterocycles. The van der Waals surface area contributed by atoms with Crippen LogP contribution in [0.3, 0.4) is 0 Å². The highest BCUT2D eigenvalue weighted by Crippen LogP contribution is 2.39. The second kappa shape index (κ2) is 4.29. The Morgan fingerprint density at radius 3 is 2.31 bits per heavy atom. The molecule has 16 heavy (non-hydrogen) atoms. The first kappa shape index (κ1) is 11.2. The summed E-state index contributed by atoms with van der Waals surface area (Å²) in [6.07, 6.45) is 5.74. The minimum Gasteiger partial charge on any atom is -0.197 e. The van der Waals surface area contributed by atoms with Crippen LogP contribution in [0.2, 0.25) is 0 Å². The van der Waals surface area contributed by atoms with Crippen molar-refractivity contribution >= 4 is 0 Å². The smallest absolute Gasteiger partial charge is 0.0822 e. The minimum absolute atomic E-state index is 0.198. The van der Waals surface area contributed by atoms with Gasteiger partial charge in [-0.1, -0.05) is 37.5 Å². The van der Waals surface area contributed by atoms with Crippen molar-refractivity contribution in [1.82, 2.24) is 0 Å². The van der Waals surface area contributed by atoms with Gasteiger partial charge in [0.2, 0.25) is 0 Å². The lowest BCUT2D eigenvalue weighted by molar-refractivity contribution is 0.366.